The Bertz CT molecular complexity index is 425. The molecule has 0 aliphatic carbocycles. The molecule has 1 aliphatic rings. The van der Waals surface area contributed by atoms with Gasteiger partial charge in [-0.15, -0.1) is 0 Å². The van der Waals surface area contributed by atoms with Crippen LogP contribution in [0.15, 0.2) is 24.3 Å². The number of ether oxygens (including phenoxy) is 1. The van der Waals surface area contributed by atoms with E-state index in [1.807, 2.05) is 12.1 Å². The minimum Gasteiger partial charge on any atom is -0.394 e. The fourth-order valence-electron chi connectivity index (χ4n) is 2.19. The highest BCUT2D eigenvalue weighted by molar-refractivity contribution is 5.94. The minimum absolute atomic E-state index is 0.0665. The van der Waals surface area contributed by atoms with Crippen LogP contribution >= 0.6 is 0 Å². The Hall–Kier alpha value is -1.43. The fourth-order valence-corrected chi connectivity index (χ4v) is 2.19. The molecule has 5 heteroatoms. The molecule has 0 atom stereocenters. The Kier molecular flexibility index (Phi) is 4.52. The normalized spacial score (nSPS) is 18.0. The lowest BCUT2D eigenvalue weighted by atomic mass is 9.90. The number of amides is 1. The quantitative estimate of drug-likeness (QED) is 0.735. The number of nitrogens with one attached hydrogen (secondary N) is 1. The van der Waals surface area contributed by atoms with E-state index in [2.05, 4.69) is 5.32 Å². The minimum atomic E-state index is -0.554. The van der Waals surface area contributed by atoms with Crippen LogP contribution in [-0.4, -0.2) is 36.4 Å². The molecule has 0 spiro atoms. The largest absolute Gasteiger partial charge is 0.394 e. The number of benzene rings is 1. The molecule has 0 unspecified atom stereocenters. The van der Waals surface area contributed by atoms with Gasteiger partial charge in [0.15, 0.2) is 0 Å². The first-order valence-corrected chi connectivity index (χ1v) is 6.49. The molecule has 19 heavy (non-hydrogen) atoms. The van der Waals surface area contributed by atoms with Crippen molar-refractivity contribution < 1.29 is 14.6 Å². The van der Waals surface area contributed by atoms with Gasteiger partial charge >= 0.3 is 0 Å². The summed E-state index contributed by atoms with van der Waals surface area (Å²) in [5.74, 6) is -0.167. The highest BCUT2D eigenvalue weighted by Gasteiger charge is 2.33. The molecule has 2 rings (SSSR count). The van der Waals surface area contributed by atoms with E-state index in [1.165, 1.54) is 0 Å². The van der Waals surface area contributed by atoms with Gasteiger partial charge in [-0.1, -0.05) is 12.1 Å². The monoisotopic (exact) mass is 264 g/mol. The van der Waals surface area contributed by atoms with E-state index >= 15 is 0 Å². The second kappa shape index (κ2) is 6.14. The fraction of sp³-hybridized carbons (Fsp3) is 0.500. The van der Waals surface area contributed by atoms with Crippen molar-refractivity contribution in [3.63, 3.8) is 0 Å². The summed E-state index contributed by atoms with van der Waals surface area (Å²) in [5, 5.41) is 12.5. The van der Waals surface area contributed by atoms with Gasteiger partial charge in [0.1, 0.15) is 0 Å². The average molecular weight is 264 g/mol. The molecule has 1 aromatic carbocycles. The van der Waals surface area contributed by atoms with Gasteiger partial charge < -0.3 is 20.9 Å². The molecule has 5 nitrogen and oxygen atoms in total. The van der Waals surface area contributed by atoms with Crippen molar-refractivity contribution in [3.05, 3.63) is 35.4 Å². The van der Waals surface area contributed by atoms with Gasteiger partial charge in [-0.3, -0.25) is 4.79 Å². The van der Waals surface area contributed by atoms with Crippen LogP contribution in [0.25, 0.3) is 0 Å². The predicted molar refractivity (Wildman–Crippen MR) is 71.7 cm³/mol. The van der Waals surface area contributed by atoms with Crippen molar-refractivity contribution in [2.24, 2.45) is 5.73 Å². The lowest BCUT2D eigenvalue weighted by Gasteiger charge is -2.36. The predicted octanol–water partition coefficient (Wildman–Crippen LogP) is 0.417. The first-order chi connectivity index (χ1) is 9.19. The number of carbonyl (C=O) groups is 1. The Morgan fingerprint density at radius 2 is 1.95 bits per heavy atom. The molecule has 0 aromatic heterocycles. The van der Waals surface area contributed by atoms with Crippen molar-refractivity contribution >= 4 is 5.91 Å². The van der Waals surface area contributed by atoms with Crippen molar-refractivity contribution in [2.45, 2.75) is 24.9 Å². The van der Waals surface area contributed by atoms with Gasteiger partial charge in [0.25, 0.3) is 5.91 Å². The molecular formula is C14H20N2O3. The third kappa shape index (κ3) is 3.32. The number of aliphatic hydroxyl groups excluding tert-OH is 1. The molecule has 4 N–H and O–H groups in total. The van der Waals surface area contributed by atoms with Gasteiger partial charge in [-0.2, -0.15) is 0 Å². The molecule has 1 aromatic rings. The number of nitrogens with two attached hydrogens (primary N) is 1. The van der Waals surface area contributed by atoms with Crippen LogP contribution in [0, 0.1) is 0 Å². The molecular weight excluding hydrogens is 244 g/mol. The van der Waals surface area contributed by atoms with Crippen LogP contribution in [0.1, 0.15) is 28.8 Å². The lowest BCUT2D eigenvalue weighted by Crippen LogP contribution is -2.54. The second-order valence-corrected chi connectivity index (χ2v) is 4.91. The summed E-state index contributed by atoms with van der Waals surface area (Å²) < 4.78 is 5.27. The summed E-state index contributed by atoms with van der Waals surface area (Å²) in [6.07, 6.45) is 1.27. The van der Waals surface area contributed by atoms with Gasteiger partial charge in [0, 0.05) is 25.3 Å². The SMILES string of the molecule is NCc1ccc(C(=O)NC2(CO)CCOCC2)cc1. The zero-order valence-corrected chi connectivity index (χ0v) is 10.9. The van der Waals surface area contributed by atoms with E-state index in [9.17, 15) is 9.90 Å². The molecule has 0 radical (unpaired) electrons. The molecule has 104 valence electrons. The topological polar surface area (TPSA) is 84.6 Å². The number of rotatable bonds is 4. The second-order valence-electron chi connectivity index (χ2n) is 4.91. The molecule has 0 bridgehead atoms. The Balaban J connectivity index is 2.06. The maximum atomic E-state index is 12.2. The maximum absolute atomic E-state index is 12.2. The summed E-state index contributed by atoms with van der Waals surface area (Å²) in [7, 11) is 0. The van der Waals surface area contributed by atoms with Gasteiger partial charge in [0.2, 0.25) is 0 Å². The van der Waals surface area contributed by atoms with Crippen LogP contribution in [-0.2, 0) is 11.3 Å². The summed E-state index contributed by atoms with van der Waals surface area (Å²) in [6, 6.07) is 7.18. The number of carbonyl (C=O) groups excluding carboxylic acids is 1. The van der Waals surface area contributed by atoms with Crippen LogP contribution in [0.4, 0.5) is 0 Å². The van der Waals surface area contributed by atoms with Crippen LogP contribution < -0.4 is 11.1 Å². The molecule has 1 saturated heterocycles. The van der Waals surface area contributed by atoms with Crippen molar-refractivity contribution in [1.29, 1.82) is 0 Å². The zero-order chi connectivity index (χ0) is 13.7. The van der Waals surface area contributed by atoms with E-state index < -0.39 is 5.54 Å². The van der Waals surface area contributed by atoms with Crippen LogP contribution in [0.2, 0.25) is 0 Å². The van der Waals surface area contributed by atoms with Gasteiger partial charge in [-0.25, -0.2) is 0 Å². The standard InChI is InChI=1S/C14H20N2O3/c15-9-11-1-3-12(4-2-11)13(18)16-14(10-17)5-7-19-8-6-14/h1-4,17H,5-10,15H2,(H,16,18). The number of hydrogen-bond acceptors (Lipinski definition) is 4. The molecule has 0 saturated carbocycles. The first kappa shape index (κ1) is 14.0. The molecule has 1 aliphatic heterocycles. The number of hydrogen-bond donors (Lipinski definition) is 3. The number of aliphatic hydroxyl groups is 1. The third-order valence-electron chi connectivity index (χ3n) is 3.58. The van der Waals surface area contributed by atoms with E-state index in [-0.39, 0.29) is 12.5 Å². The Morgan fingerprint density at radius 1 is 1.32 bits per heavy atom. The summed E-state index contributed by atoms with van der Waals surface area (Å²) in [5.41, 5.74) is 6.53. The Morgan fingerprint density at radius 3 is 2.47 bits per heavy atom. The molecule has 1 fully saturated rings. The lowest BCUT2D eigenvalue weighted by molar-refractivity contribution is 0.0125. The smallest absolute Gasteiger partial charge is 0.251 e. The summed E-state index contributed by atoms with van der Waals surface area (Å²) in [4.78, 5) is 12.2. The maximum Gasteiger partial charge on any atom is 0.251 e. The Labute approximate surface area is 112 Å². The third-order valence-corrected chi connectivity index (χ3v) is 3.58. The van der Waals surface area contributed by atoms with Crippen molar-refractivity contribution in [1.82, 2.24) is 5.32 Å². The molecule has 1 heterocycles. The summed E-state index contributed by atoms with van der Waals surface area (Å²) in [6.45, 7) is 1.52. The average Bonchev–Trinajstić information content (AvgIpc) is 2.48. The van der Waals surface area contributed by atoms with Gasteiger partial charge in [0.05, 0.1) is 12.1 Å². The highest BCUT2D eigenvalue weighted by Crippen LogP contribution is 2.20. The van der Waals surface area contributed by atoms with E-state index in [0.717, 1.165) is 5.56 Å². The molecule has 1 amide bonds. The van der Waals surface area contributed by atoms with E-state index in [1.54, 1.807) is 12.1 Å². The highest BCUT2D eigenvalue weighted by atomic mass is 16.5. The van der Waals surface area contributed by atoms with E-state index in [0.29, 0.717) is 38.2 Å². The van der Waals surface area contributed by atoms with Crippen molar-refractivity contribution in [3.8, 4) is 0 Å². The van der Waals surface area contributed by atoms with E-state index in [4.69, 9.17) is 10.5 Å². The van der Waals surface area contributed by atoms with Crippen LogP contribution in [0.5, 0.6) is 0 Å². The first-order valence-electron chi connectivity index (χ1n) is 6.49. The van der Waals surface area contributed by atoms with Crippen molar-refractivity contribution in [2.75, 3.05) is 19.8 Å². The van der Waals surface area contributed by atoms with Crippen LogP contribution in [0.3, 0.4) is 0 Å². The summed E-state index contributed by atoms with van der Waals surface area (Å²) >= 11 is 0. The van der Waals surface area contributed by atoms with Gasteiger partial charge in [-0.05, 0) is 30.5 Å². The zero-order valence-electron chi connectivity index (χ0n) is 10.9.